The first-order valence-electron chi connectivity index (χ1n) is 10.0. The van der Waals surface area contributed by atoms with Gasteiger partial charge in [0.15, 0.2) is 10.2 Å². The van der Waals surface area contributed by atoms with Crippen molar-refractivity contribution >= 4 is 61.5 Å². The van der Waals surface area contributed by atoms with Crippen LogP contribution in [0, 0.1) is 0 Å². The molecular weight excluding hydrogens is 432 g/mol. The molecule has 0 atom stereocenters. The predicted molar refractivity (Wildman–Crippen MR) is 129 cm³/mol. The van der Waals surface area contributed by atoms with Gasteiger partial charge in [-0.1, -0.05) is 31.3 Å². The molecule has 2 amide bonds. The maximum absolute atomic E-state index is 12.5. The zero-order valence-corrected chi connectivity index (χ0v) is 19.0. The maximum Gasteiger partial charge on any atom is 0.257 e. The van der Waals surface area contributed by atoms with Gasteiger partial charge in [-0.2, -0.15) is 0 Å². The smallest absolute Gasteiger partial charge is 0.257 e. The number of anilines is 2. The van der Waals surface area contributed by atoms with Crippen molar-refractivity contribution in [1.29, 1.82) is 0 Å². The van der Waals surface area contributed by atoms with Crippen molar-refractivity contribution < 1.29 is 14.3 Å². The van der Waals surface area contributed by atoms with E-state index in [1.807, 2.05) is 38.1 Å². The number of carbonyl (C=O) groups excluding carboxylic acids is 2. The molecule has 0 unspecified atom stereocenters. The summed E-state index contributed by atoms with van der Waals surface area (Å²) in [4.78, 5) is 28.7. The summed E-state index contributed by atoms with van der Waals surface area (Å²) in [6.07, 6.45) is 2.13. The standard InChI is InChI=1S/C22H24N4O3S2/c1-3-6-19(27)25-22-24-17-10-9-15(13-18(17)31-22)23-21(30)26-20(28)14-7-5-8-16(12-14)29-11-4-2/h5,7-10,12-13H,3-4,6,11H2,1-2H3,(H,24,25,27)(H2,23,26,28,30). The fourth-order valence-electron chi connectivity index (χ4n) is 2.75. The number of fused-ring (bicyclic) bond motifs is 1. The van der Waals surface area contributed by atoms with Crippen LogP contribution in [0.25, 0.3) is 10.2 Å². The first kappa shape index (κ1) is 22.6. The van der Waals surface area contributed by atoms with Crippen LogP contribution in [0.4, 0.5) is 10.8 Å². The molecule has 162 valence electrons. The largest absolute Gasteiger partial charge is 0.494 e. The lowest BCUT2D eigenvalue weighted by molar-refractivity contribution is -0.116. The van der Waals surface area contributed by atoms with Crippen LogP contribution in [0.1, 0.15) is 43.5 Å². The van der Waals surface area contributed by atoms with Gasteiger partial charge in [0.25, 0.3) is 5.91 Å². The number of aromatic nitrogens is 1. The van der Waals surface area contributed by atoms with Gasteiger partial charge in [0.1, 0.15) is 5.75 Å². The van der Waals surface area contributed by atoms with E-state index in [0.717, 1.165) is 23.1 Å². The van der Waals surface area contributed by atoms with Crippen molar-refractivity contribution in [2.75, 3.05) is 17.2 Å². The number of rotatable bonds is 8. The fraction of sp³-hybridized carbons (Fsp3) is 0.273. The van der Waals surface area contributed by atoms with Gasteiger partial charge in [0, 0.05) is 17.7 Å². The second-order valence-corrected chi connectivity index (χ2v) is 8.22. The van der Waals surface area contributed by atoms with Crippen molar-refractivity contribution in [2.24, 2.45) is 0 Å². The van der Waals surface area contributed by atoms with Crippen molar-refractivity contribution in [2.45, 2.75) is 33.1 Å². The summed E-state index contributed by atoms with van der Waals surface area (Å²) >= 11 is 6.67. The highest BCUT2D eigenvalue weighted by atomic mass is 32.1. The summed E-state index contributed by atoms with van der Waals surface area (Å²) in [6, 6.07) is 12.5. The summed E-state index contributed by atoms with van der Waals surface area (Å²) in [6.45, 7) is 4.57. The van der Waals surface area contributed by atoms with Crippen molar-refractivity contribution in [3.63, 3.8) is 0 Å². The Morgan fingerprint density at radius 1 is 1.10 bits per heavy atom. The van der Waals surface area contributed by atoms with E-state index in [-0.39, 0.29) is 16.9 Å². The van der Waals surface area contributed by atoms with E-state index in [0.29, 0.717) is 35.2 Å². The molecule has 0 aliphatic carbocycles. The third-order valence-electron chi connectivity index (χ3n) is 4.17. The van der Waals surface area contributed by atoms with Gasteiger partial charge in [-0.15, -0.1) is 0 Å². The third kappa shape index (κ3) is 6.47. The number of amides is 2. The zero-order valence-electron chi connectivity index (χ0n) is 17.4. The summed E-state index contributed by atoms with van der Waals surface area (Å²) in [5.74, 6) is 0.276. The number of thiazole rings is 1. The van der Waals surface area contributed by atoms with Gasteiger partial charge in [0.2, 0.25) is 5.91 Å². The first-order chi connectivity index (χ1) is 15.0. The van der Waals surface area contributed by atoms with Crippen molar-refractivity contribution in [3.8, 4) is 5.75 Å². The highest BCUT2D eigenvalue weighted by Crippen LogP contribution is 2.28. The fourth-order valence-corrected chi connectivity index (χ4v) is 3.88. The number of nitrogens with zero attached hydrogens (tertiary/aromatic N) is 1. The van der Waals surface area contributed by atoms with Crippen LogP contribution in [0.15, 0.2) is 42.5 Å². The minimum atomic E-state index is -0.320. The van der Waals surface area contributed by atoms with E-state index in [2.05, 4.69) is 20.9 Å². The topological polar surface area (TPSA) is 92.3 Å². The van der Waals surface area contributed by atoms with Crippen LogP contribution in [-0.2, 0) is 4.79 Å². The predicted octanol–water partition coefficient (Wildman–Crippen LogP) is 4.95. The Hall–Kier alpha value is -3.04. The van der Waals surface area contributed by atoms with E-state index in [1.165, 1.54) is 11.3 Å². The van der Waals surface area contributed by atoms with Crippen LogP contribution < -0.4 is 20.7 Å². The molecule has 1 heterocycles. The third-order valence-corrected chi connectivity index (χ3v) is 5.30. The molecular formula is C22H24N4O3S2. The molecule has 0 aliphatic heterocycles. The summed E-state index contributed by atoms with van der Waals surface area (Å²) in [5.41, 5.74) is 1.96. The highest BCUT2D eigenvalue weighted by Gasteiger charge is 2.11. The lowest BCUT2D eigenvalue weighted by atomic mass is 10.2. The molecule has 1 aromatic heterocycles. The Balaban J connectivity index is 1.62. The molecule has 31 heavy (non-hydrogen) atoms. The quantitative estimate of drug-likeness (QED) is 0.415. The molecule has 0 fully saturated rings. The average Bonchev–Trinajstić information content (AvgIpc) is 3.13. The highest BCUT2D eigenvalue weighted by molar-refractivity contribution is 7.80. The van der Waals surface area contributed by atoms with Gasteiger partial charge in [-0.25, -0.2) is 4.98 Å². The molecule has 0 radical (unpaired) electrons. The van der Waals surface area contributed by atoms with Crippen molar-refractivity contribution in [1.82, 2.24) is 10.3 Å². The van der Waals surface area contributed by atoms with Crippen LogP contribution in [0.3, 0.4) is 0 Å². The Kier molecular flexibility index (Phi) is 7.91. The average molecular weight is 457 g/mol. The summed E-state index contributed by atoms with van der Waals surface area (Å²) in [7, 11) is 0. The van der Waals surface area contributed by atoms with Crippen LogP contribution >= 0.6 is 23.6 Å². The monoisotopic (exact) mass is 456 g/mol. The number of carbonyl (C=O) groups is 2. The van der Waals surface area contributed by atoms with Gasteiger partial charge in [0.05, 0.1) is 16.8 Å². The van der Waals surface area contributed by atoms with Crippen LogP contribution in [-0.4, -0.2) is 28.5 Å². The molecule has 3 N–H and O–H groups in total. The van der Waals surface area contributed by atoms with Gasteiger partial charge in [-0.3, -0.25) is 14.9 Å². The van der Waals surface area contributed by atoms with Gasteiger partial charge < -0.3 is 15.4 Å². The number of ether oxygens (including phenoxy) is 1. The summed E-state index contributed by atoms with van der Waals surface area (Å²) in [5, 5.41) is 9.25. The molecule has 0 saturated heterocycles. The Morgan fingerprint density at radius 2 is 1.94 bits per heavy atom. The first-order valence-corrected chi connectivity index (χ1v) is 11.3. The molecule has 2 aromatic carbocycles. The molecule has 0 saturated carbocycles. The van der Waals surface area contributed by atoms with E-state index in [4.69, 9.17) is 17.0 Å². The molecule has 9 heteroatoms. The molecule has 0 spiro atoms. The molecule has 0 bridgehead atoms. The molecule has 3 rings (SSSR count). The van der Waals surface area contributed by atoms with E-state index in [1.54, 1.807) is 18.2 Å². The Labute approximate surface area is 190 Å². The SMILES string of the molecule is CCCOc1cccc(C(=O)NC(=S)Nc2ccc3nc(NC(=O)CCC)sc3c2)c1. The number of hydrogen-bond acceptors (Lipinski definition) is 6. The Bertz CT molecular complexity index is 1100. The lowest BCUT2D eigenvalue weighted by Crippen LogP contribution is -2.34. The molecule has 0 aliphatic rings. The number of hydrogen-bond donors (Lipinski definition) is 3. The second-order valence-electron chi connectivity index (χ2n) is 6.78. The zero-order chi connectivity index (χ0) is 22.2. The van der Waals surface area contributed by atoms with E-state index < -0.39 is 0 Å². The summed E-state index contributed by atoms with van der Waals surface area (Å²) < 4.78 is 6.46. The molecule has 3 aromatic rings. The van der Waals surface area contributed by atoms with E-state index in [9.17, 15) is 9.59 Å². The van der Waals surface area contributed by atoms with Crippen LogP contribution in [0.2, 0.25) is 0 Å². The number of benzene rings is 2. The number of thiocarbonyl (C=S) groups is 1. The van der Waals surface area contributed by atoms with Gasteiger partial charge >= 0.3 is 0 Å². The Morgan fingerprint density at radius 3 is 2.71 bits per heavy atom. The molecule has 7 nitrogen and oxygen atoms in total. The minimum absolute atomic E-state index is 0.0482. The second kappa shape index (κ2) is 10.8. The van der Waals surface area contributed by atoms with Gasteiger partial charge in [-0.05, 0) is 61.5 Å². The lowest BCUT2D eigenvalue weighted by Gasteiger charge is -2.10. The van der Waals surface area contributed by atoms with Crippen LogP contribution in [0.5, 0.6) is 5.75 Å². The number of nitrogens with one attached hydrogen (secondary N) is 3. The van der Waals surface area contributed by atoms with Crippen molar-refractivity contribution in [3.05, 3.63) is 48.0 Å². The maximum atomic E-state index is 12.5. The van der Waals surface area contributed by atoms with E-state index >= 15 is 0 Å². The normalized spacial score (nSPS) is 10.5. The minimum Gasteiger partial charge on any atom is -0.494 e.